The minimum Gasteiger partial charge on any atom is -0.423 e. The van der Waals surface area contributed by atoms with Crippen molar-refractivity contribution in [2.45, 2.75) is 4.71 Å². The standard InChI is InChI=1S/C20H25N3O2S2/c1-21(2)16-7-9-18(10-8-16)25-19(24)15-3-5-17(6-4-15)22-11-13-23(14-12-22)20(26)27/h3-10,20,26-27H,11-14H2,1-2H3. The first-order valence-corrected chi connectivity index (χ1v) is 9.92. The third-order valence-corrected chi connectivity index (χ3v) is 5.33. The third kappa shape index (κ3) is 5.12. The van der Waals surface area contributed by atoms with Crippen molar-refractivity contribution >= 4 is 42.6 Å². The average molecular weight is 404 g/mol. The van der Waals surface area contributed by atoms with Gasteiger partial charge in [0.2, 0.25) is 0 Å². The normalized spacial score (nSPS) is 15.1. The predicted octanol–water partition coefficient (Wildman–Crippen LogP) is 3.24. The summed E-state index contributed by atoms with van der Waals surface area (Å²) < 4.78 is 5.45. The SMILES string of the molecule is CN(C)c1ccc(OC(=O)c2ccc(N3CCN(C(S)S)CC3)cc2)cc1. The van der Waals surface area contributed by atoms with Crippen LogP contribution in [-0.4, -0.2) is 55.8 Å². The van der Waals surface area contributed by atoms with Crippen LogP contribution in [0.2, 0.25) is 0 Å². The van der Waals surface area contributed by atoms with Gasteiger partial charge >= 0.3 is 5.97 Å². The third-order valence-electron chi connectivity index (χ3n) is 4.67. The molecule has 0 bridgehead atoms. The predicted molar refractivity (Wildman–Crippen MR) is 118 cm³/mol. The van der Waals surface area contributed by atoms with Crippen molar-refractivity contribution in [1.29, 1.82) is 0 Å². The van der Waals surface area contributed by atoms with Gasteiger partial charge in [-0.05, 0) is 48.5 Å². The lowest BCUT2D eigenvalue weighted by Gasteiger charge is -2.37. The number of esters is 1. The number of rotatable bonds is 5. The Morgan fingerprint density at radius 2 is 1.56 bits per heavy atom. The number of benzene rings is 2. The molecule has 2 aromatic rings. The van der Waals surface area contributed by atoms with Gasteiger partial charge in [0.1, 0.15) is 5.75 Å². The fourth-order valence-corrected chi connectivity index (χ4v) is 3.46. The van der Waals surface area contributed by atoms with Gasteiger partial charge in [0.05, 0.1) is 10.3 Å². The molecular formula is C20H25N3O2S2. The van der Waals surface area contributed by atoms with E-state index in [0.717, 1.165) is 37.6 Å². The Hall–Kier alpha value is -1.83. The minimum atomic E-state index is -0.350. The van der Waals surface area contributed by atoms with Gasteiger partial charge in [0, 0.05) is 51.6 Å². The number of hydrogen-bond donors (Lipinski definition) is 2. The Bertz CT molecular complexity index is 756. The Labute approximate surface area is 171 Å². The molecule has 1 aliphatic rings. The topological polar surface area (TPSA) is 36.0 Å². The summed E-state index contributed by atoms with van der Waals surface area (Å²) in [6, 6.07) is 15.0. The van der Waals surface area contributed by atoms with E-state index in [1.165, 1.54) is 0 Å². The molecule has 144 valence electrons. The number of anilines is 2. The zero-order valence-corrected chi connectivity index (χ0v) is 17.4. The van der Waals surface area contributed by atoms with Crippen molar-refractivity contribution in [2.24, 2.45) is 0 Å². The summed E-state index contributed by atoms with van der Waals surface area (Å²) in [5.74, 6) is 0.191. The summed E-state index contributed by atoms with van der Waals surface area (Å²) in [7, 11) is 3.94. The van der Waals surface area contributed by atoms with Crippen LogP contribution in [0.4, 0.5) is 11.4 Å². The smallest absolute Gasteiger partial charge is 0.343 e. The molecule has 0 atom stereocenters. The van der Waals surface area contributed by atoms with Crippen molar-refractivity contribution in [2.75, 3.05) is 50.1 Å². The second-order valence-corrected chi connectivity index (χ2v) is 8.08. The first kappa shape index (κ1) is 19.9. The molecule has 7 heteroatoms. The van der Waals surface area contributed by atoms with E-state index in [-0.39, 0.29) is 10.7 Å². The van der Waals surface area contributed by atoms with Gasteiger partial charge in [-0.1, -0.05) is 0 Å². The maximum absolute atomic E-state index is 12.4. The molecule has 0 N–H and O–H groups in total. The van der Waals surface area contributed by atoms with Gasteiger partial charge in [-0.25, -0.2) is 4.79 Å². The van der Waals surface area contributed by atoms with Gasteiger partial charge in [0.25, 0.3) is 0 Å². The summed E-state index contributed by atoms with van der Waals surface area (Å²) in [4.78, 5) is 18.9. The molecule has 0 unspecified atom stereocenters. The van der Waals surface area contributed by atoms with E-state index in [9.17, 15) is 4.79 Å². The monoisotopic (exact) mass is 403 g/mol. The molecule has 1 saturated heterocycles. The van der Waals surface area contributed by atoms with E-state index in [2.05, 4.69) is 35.1 Å². The van der Waals surface area contributed by atoms with Gasteiger partial charge < -0.3 is 14.5 Å². The van der Waals surface area contributed by atoms with Crippen LogP contribution in [0.3, 0.4) is 0 Å². The molecular weight excluding hydrogens is 378 g/mol. The van der Waals surface area contributed by atoms with Crippen molar-refractivity contribution in [3.05, 3.63) is 54.1 Å². The van der Waals surface area contributed by atoms with Crippen LogP contribution in [0.25, 0.3) is 0 Å². The van der Waals surface area contributed by atoms with Crippen molar-refractivity contribution in [3.63, 3.8) is 0 Å². The molecule has 1 heterocycles. The van der Waals surface area contributed by atoms with Crippen LogP contribution in [-0.2, 0) is 0 Å². The maximum atomic E-state index is 12.4. The highest BCUT2D eigenvalue weighted by Gasteiger charge is 2.20. The molecule has 27 heavy (non-hydrogen) atoms. The van der Waals surface area contributed by atoms with Crippen LogP contribution in [0.1, 0.15) is 10.4 Å². The van der Waals surface area contributed by atoms with E-state index >= 15 is 0 Å². The lowest BCUT2D eigenvalue weighted by molar-refractivity contribution is 0.0735. The summed E-state index contributed by atoms with van der Waals surface area (Å²) in [6.07, 6.45) is 0. The summed E-state index contributed by atoms with van der Waals surface area (Å²) in [5.41, 5.74) is 2.71. The number of thiol groups is 2. The number of ether oxygens (including phenoxy) is 1. The number of carbonyl (C=O) groups excluding carboxylic acids is 1. The largest absolute Gasteiger partial charge is 0.423 e. The molecule has 0 saturated carbocycles. The highest BCUT2D eigenvalue weighted by molar-refractivity contribution is 7.99. The Morgan fingerprint density at radius 3 is 2.07 bits per heavy atom. The summed E-state index contributed by atoms with van der Waals surface area (Å²) in [5, 5.41) is 0. The van der Waals surface area contributed by atoms with Crippen molar-refractivity contribution < 1.29 is 9.53 Å². The van der Waals surface area contributed by atoms with E-state index in [0.29, 0.717) is 11.3 Å². The first-order chi connectivity index (χ1) is 12.9. The number of carbonyl (C=O) groups is 1. The van der Waals surface area contributed by atoms with Gasteiger partial charge in [-0.2, -0.15) is 0 Å². The highest BCUT2D eigenvalue weighted by Crippen LogP contribution is 2.22. The van der Waals surface area contributed by atoms with E-state index in [1.807, 2.05) is 55.4 Å². The van der Waals surface area contributed by atoms with E-state index < -0.39 is 0 Å². The summed E-state index contributed by atoms with van der Waals surface area (Å²) >= 11 is 8.74. The second-order valence-electron chi connectivity index (χ2n) is 6.69. The molecule has 1 fully saturated rings. The molecule has 5 nitrogen and oxygen atoms in total. The van der Waals surface area contributed by atoms with E-state index in [4.69, 9.17) is 4.74 Å². The molecule has 1 aliphatic heterocycles. The Morgan fingerprint density at radius 1 is 0.963 bits per heavy atom. The van der Waals surface area contributed by atoms with Crippen LogP contribution < -0.4 is 14.5 Å². The molecule has 0 aliphatic carbocycles. The number of hydrogen-bond acceptors (Lipinski definition) is 7. The van der Waals surface area contributed by atoms with Gasteiger partial charge in [-0.3, -0.25) is 4.90 Å². The van der Waals surface area contributed by atoms with Crippen LogP contribution in [0, 0.1) is 0 Å². The molecule has 3 rings (SSSR count). The highest BCUT2D eigenvalue weighted by atomic mass is 32.2. The number of piperazine rings is 1. The lowest BCUT2D eigenvalue weighted by Crippen LogP contribution is -2.47. The van der Waals surface area contributed by atoms with Crippen LogP contribution in [0.5, 0.6) is 5.75 Å². The van der Waals surface area contributed by atoms with Crippen molar-refractivity contribution in [1.82, 2.24) is 4.90 Å². The molecule has 0 spiro atoms. The molecule has 0 aromatic heterocycles. The Balaban J connectivity index is 1.59. The molecule has 2 aromatic carbocycles. The Kier molecular flexibility index (Phi) is 6.57. The fraction of sp³-hybridized carbons (Fsp3) is 0.350. The van der Waals surface area contributed by atoms with Crippen LogP contribution >= 0.6 is 25.3 Å². The molecule has 0 radical (unpaired) electrons. The average Bonchev–Trinajstić information content (AvgIpc) is 2.68. The second kappa shape index (κ2) is 8.91. The number of nitrogens with zero attached hydrogens (tertiary/aromatic N) is 3. The zero-order valence-electron chi connectivity index (χ0n) is 15.6. The van der Waals surface area contributed by atoms with E-state index in [1.54, 1.807) is 12.1 Å². The first-order valence-electron chi connectivity index (χ1n) is 8.89. The summed E-state index contributed by atoms with van der Waals surface area (Å²) in [6.45, 7) is 3.67. The van der Waals surface area contributed by atoms with Gasteiger partial charge in [-0.15, -0.1) is 25.3 Å². The minimum absolute atomic E-state index is 0.0175. The van der Waals surface area contributed by atoms with Gasteiger partial charge in [0.15, 0.2) is 0 Å². The van der Waals surface area contributed by atoms with Crippen molar-refractivity contribution in [3.8, 4) is 5.75 Å². The fourth-order valence-electron chi connectivity index (χ4n) is 3.00. The maximum Gasteiger partial charge on any atom is 0.343 e. The molecule has 0 amide bonds. The zero-order chi connectivity index (χ0) is 19.4. The van der Waals surface area contributed by atoms with Crippen LogP contribution in [0.15, 0.2) is 48.5 Å². The lowest BCUT2D eigenvalue weighted by atomic mass is 10.2. The quantitative estimate of drug-likeness (QED) is 0.347.